The first-order valence-electron chi connectivity index (χ1n) is 9.72. The number of amides is 3. The monoisotopic (exact) mass is 434 g/mol. The molecule has 6 nitrogen and oxygen atoms in total. The molecule has 0 saturated heterocycles. The molecule has 0 atom stereocenters. The largest absolute Gasteiger partial charge is 0.492 e. The number of benzene rings is 2. The molecule has 0 aromatic heterocycles. The molecule has 0 saturated carbocycles. The zero-order chi connectivity index (χ0) is 22.8. The lowest BCUT2D eigenvalue weighted by Gasteiger charge is -2.16. The fraction of sp³-hybridized carbons (Fsp3) is 0.318. The van der Waals surface area contributed by atoms with Crippen molar-refractivity contribution in [2.45, 2.75) is 32.9 Å². The van der Waals surface area contributed by atoms with Crippen molar-refractivity contribution in [1.82, 2.24) is 4.90 Å². The van der Waals surface area contributed by atoms with Gasteiger partial charge < -0.3 is 10.1 Å². The summed E-state index contributed by atoms with van der Waals surface area (Å²) in [4.78, 5) is 38.2. The molecular weight excluding hydrogens is 413 g/mol. The normalized spacial score (nSPS) is 13.4. The van der Waals surface area contributed by atoms with Crippen molar-refractivity contribution >= 4 is 23.4 Å². The number of carbonyl (C=O) groups is 3. The van der Waals surface area contributed by atoms with E-state index in [0.29, 0.717) is 11.1 Å². The number of ether oxygens (including phenoxy) is 1. The van der Waals surface area contributed by atoms with Crippen molar-refractivity contribution in [3.05, 3.63) is 58.7 Å². The van der Waals surface area contributed by atoms with Crippen molar-refractivity contribution in [2.75, 3.05) is 18.5 Å². The van der Waals surface area contributed by atoms with Gasteiger partial charge in [-0.25, -0.2) is 0 Å². The third-order valence-corrected chi connectivity index (χ3v) is 4.79. The summed E-state index contributed by atoms with van der Waals surface area (Å²) in [6.45, 7) is 3.73. The van der Waals surface area contributed by atoms with Crippen LogP contribution in [0, 0.1) is 6.92 Å². The molecular formula is C22H21F3N2O4. The molecule has 1 heterocycles. The van der Waals surface area contributed by atoms with E-state index in [9.17, 15) is 27.6 Å². The summed E-state index contributed by atoms with van der Waals surface area (Å²) < 4.78 is 44.2. The predicted octanol–water partition coefficient (Wildman–Crippen LogP) is 4.43. The Kier molecular flexibility index (Phi) is 6.33. The Labute approximate surface area is 177 Å². The Morgan fingerprint density at radius 2 is 1.77 bits per heavy atom. The summed E-state index contributed by atoms with van der Waals surface area (Å²) in [5.74, 6) is -1.26. The van der Waals surface area contributed by atoms with Gasteiger partial charge in [-0.1, -0.05) is 11.6 Å². The van der Waals surface area contributed by atoms with Crippen LogP contribution in [0.4, 0.5) is 18.9 Å². The van der Waals surface area contributed by atoms with Gasteiger partial charge in [-0.15, -0.1) is 0 Å². The van der Waals surface area contributed by atoms with E-state index in [0.717, 1.165) is 28.7 Å². The molecule has 0 spiro atoms. The molecule has 1 N–H and O–H groups in total. The molecule has 31 heavy (non-hydrogen) atoms. The summed E-state index contributed by atoms with van der Waals surface area (Å²) >= 11 is 0. The van der Waals surface area contributed by atoms with Crippen LogP contribution in [0.25, 0.3) is 0 Å². The average Bonchev–Trinajstić information content (AvgIpc) is 2.93. The van der Waals surface area contributed by atoms with Gasteiger partial charge in [-0.05, 0) is 50.6 Å². The third kappa shape index (κ3) is 4.87. The average molecular weight is 434 g/mol. The standard InChI is InChI=1S/C22H21F3N2O4/c1-3-31-18-9-7-14(22(23,24)25)12-17(18)26-19(28)5-4-10-27-20(29)15-8-6-13(2)11-16(15)21(27)30/h6-9,11-12H,3-5,10H2,1-2H3,(H,26,28). The molecule has 0 bridgehead atoms. The van der Waals surface area contributed by atoms with Crippen molar-refractivity contribution in [3.8, 4) is 5.75 Å². The summed E-state index contributed by atoms with van der Waals surface area (Å²) in [6.07, 6.45) is -4.48. The summed E-state index contributed by atoms with van der Waals surface area (Å²) in [5, 5.41) is 2.43. The van der Waals surface area contributed by atoms with Crippen LogP contribution in [-0.2, 0) is 11.0 Å². The van der Waals surface area contributed by atoms with Gasteiger partial charge in [0.15, 0.2) is 0 Å². The zero-order valence-electron chi connectivity index (χ0n) is 17.0. The number of rotatable bonds is 7. The van der Waals surface area contributed by atoms with Gasteiger partial charge in [-0.3, -0.25) is 19.3 Å². The highest BCUT2D eigenvalue weighted by Gasteiger charge is 2.35. The number of halogens is 3. The highest BCUT2D eigenvalue weighted by atomic mass is 19.4. The number of carbonyl (C=O) groups excluding carboxylic acids is 3. The lowest BCUT2D eigenvalue weighted by molar-refractivity contribution is -0.137. The van der Waals surface area contributed by atoms with E-state index >= 15 is 0 Å². The van der Waals surface area contributed by atoms with E-state index < -0.39 is 29.5 Å². The molecule has 3 rings (SSSR count). The maximum atomic E-state index is 13.0. The maximum Gasteiger partial charge on any atom is 0.416 e. The SMILES string of the molecule is CCOc1ccc(C(F)(F)F)cc1NC(=O)CCCN1C(=O)c2ccc(C)cc2C1=O. The van der Waals surface area contributed by atoms with Crippen LogP contribution in [0.3, 0.4) is 0 Å². The molecule has 0 radical (unpaired) electrons. The van der Waals surface area contributed by atoms with Crippen molar-refractivity contribution in [1.29, 1.82) is 0 Å². The quantitative estimate of drug-likeness (QED) is 0.655. The first kappa shape index (κ1) is 22.3. The van der Waals surface area contributed by atoms with Gasteiger partial charge in [0.1, 0.15) is 5.75 Å². The minimum Gasteiger partial charge on any atom is -0.492 e. The fourth-order valence-electron chi connectivity index (χ4n) is 3.30. The summed E-state index contributed by atoms with van der Waals surface area (Å²) in [5.41, 5.74) is 0.517. The summed E-state index contributed by atoms with van der Waals surface area (Å²) in [6, 6.07) is 7.83. The van der Waals surface area contributed by atoms with Gasteiger partial charge in [0.25, 0.3) is 11.8 Å². The minimum absolute atomic E-state index is 0.0275. The van der Waals surface area contributed by atoms with Crippen molar-refractivity contribution in [3.63, 3.8) is 0 Å². The molecule has 3 amide bonds. The Morgan fingerprint density at radius 1 is 1.06 bits per heavy atom. The molecule has 2 aromatic rings. The van der Waals surface area contributed by atoms with Crippen molar-refractivity contribution < 1.29 is 32.3 Å². The Bertz CT molecular complexity index is 1030. The maximum absolute atomic E-state index is 13.0. The summed E-state index contributed by atoms with van der Waals surface area (Å²) in [7, 11) is 0. The van der Waals surface area contributed by atoms with Crippen LogP contribution in [-0.4, -0.2) is 35.8 Å². The second-order valence-corrected chi connectivity index (χ2v) is 7.10. The first-order valence-corrected chi connectivity index (χ1v) is 9.72. The van der Waals surface area contributed by atoms with Crippen LogP contribution < -0.4 is 10.1 Å². The first-order chi connectivity index (χ1) is 14.6. The molecule has 0 aliphatic carbocycles. The van der Waals surface area contributed by atoms with E-state index in [1.807, 2.05) is 6.92 Å². The van der Waals surface area contributed by atoms with Gasteiger partial charge >= 0.3 is 6.18 Å². The lowest BCUT2D eigenvalue weighted by atomic mass is 10.1. The number of hydrogen-bond donors (Lipinski definition) is 1. The molecule has 1 aliphatic heterocycles. The number of aryl methyl sites for hydroxylation is 1. The van der Waals surface area contributed by atoms with E-state index in [2.05, 4.69) is 5.32 Å². The number of fused-ring (bicyclic) bond motifs is 1. The van der Waals surface area contributed by atoms with Crippen molar-refractivity contribution in [2.24, 2.45) is 0 Å². The van der Waals surface area contributed by atoms with Crippen LogP contribution in [0.5, 0.6) is 5.75 Å². The number of hydrogen-bond acceptors (Lipinski definition) is 4. The number of anilines is 1. The Balaban J connectivity index is 1.62. The van der Waals surface area contributed by atoms with Gasteiger partial charge in [-0.2, -0.15) is 13.2 Å². The smallest absolute Gasteiger partial charge is 0.416 e. The van der Waals surface area contributed by atoms with Crippen LogP contribution in [0.15, 0.2) is 36.4 Å². The van der Waals surface area contributed by atoms with E-state index in [-0.39, 0.29) is 37.4 Å². The number of alkyl halides is 3. The second-order valence-electron chi connectivity index (χ2n) is 7.10. The van der Waals surface area contributed by atoms with Crippen LogP contribution in [0.1, 0.15) is 51.6 Å². The molecule has 0 fully saturated rings. The highest BCUT2D eigenvalue weighted by Crippen LogP contribution is 2.35. The predicted molar refractivity (Wildman–Crippen MR) is 107 cm³/mol. The third-order valence-electron chi connectivity index (χ3n) is 4.79. The van der Waals surface area contributed by atoms with Gasteiger partial charge in [0.2, 0.25) is 5.91 Å². The minimum atomic E-state index is -4.56. The molecule has 1 aliphatic rings. The van der Waals surface area contributed by atoms with Gasteiger partial charge in [0.05, 0.1) is 29.0 Å². The molecule has 164 valence electrons. The Morgan fingerprint density at radius 3 is 2.45 bits per heavy atom. The molecule has 9 heteroatoms. The topological polar surface area (TPSA) is 75.7 Å². The zero-order valence-corrected chi connectivity index (χ0v) is 17.0. The lowest BCUT2D eigenvalue weighted by Crippen LogP contribution is -2.31. The van der Waals surface area contributed by atoms with Gasteiger partial charge in [0, 0.05) is 13.0 Å². The fourth-order valence-corrected chi connectivity index (χ4v) is 3.30. The van der Waals surface area contributed by atoms with E-state index in [1.165, 1.54) is 0 Å². The van der Waals surface area contributed by atoms with E-state index in [1.54, 1.807) is 25.1 Å². The molecule has 0 unspecified atom stereocenters. The van der Waals surface area contributed by atoms with Crippen LogP contribution >= 0.6 is 0 Å². The van der Waals surface area contributed by atoms with Crippen LogP contribution in [0.2, 0.25) is 0 Å². The number of nitrogens with zero attached hydrogens (tertiary/aromatic N) is 1. The Hall–Kier alpha value is -3.36. The van der Waals surface area contributed by atoms with E-state index in [4.69, 9.17) is 4.74 Å². The molecule has 2 aromatic carbocycles. The second kappa shape index (κ2) is 8.79. The highest BCUT2D eigenvalue weighted by molar-refractivity contribution is 6.21. The number of imide groups is 1. The number of nitrogens with one attached hydrogen (secondary N) is 1.